The maximum atomic E-state index is 12.2. The van der Waals surface area contributed by atoms with Crippen LogP contribution in [0.1, 0.15) is 18.1 Å². The molecule has 3 atom stereocenters. The normalized spacial score (nSPS) is 31.4. The second-order valence-electron chi connectivity index (χ2n) is 4.89. The first-order valence-electron chi connectivity index (χ1n) is 6.25. The molecule has 0 bridgehead atoms. The zero-order valence-corrected chi connectivity index (χ0v) is 10.8. The number of carbonyl (C=O) groups is 3. The fourth-order valence-corrected chi connectivity index (χ4v) is 2.93. The number of hydrogen-bond acceptors (Lipinski definition) is 5. The fraction of sp³-hybridized carbons (Fsp3) is 0.357. The predicted molar refractivity (Wildman–Crippen MR) is 66.3 cm³/mol. The Labute approximate surface area is 115 Å². The summed E-state index contributed by atoms with van der Waals surface area (Å²) in [5.41, 5.74) is -0.945. The third-order valence-corrected chi connectivity index (χ3v) is 3.85. The highest BCUT2D eigenvalue weighted by Gasteiger charge is 2.68. The van der Waals surface area contributed by atoms with E-state index in [9.17, 15) is 14.4 Å². The molecule has 1 aromatic carbocycles. The first-order chi connectivity index (χ1) is 9.59. The van der Waals surface area contributed by atoms with Gasteiger partial charge in [0, 0.05) is 6.42 Å². The molecular formula is C14H13NO5. The Morgan fingerprint density at radius 1 is 1.35 bits per heavy atom. The highest BCUT2D eigenvalue weighted by molar-refractivity contribution is 6.12. The molecule has 0 saturated carbocycles. The van der Waals surface area contributed by atoms with Crippen LogP contribution in [0.5, 0.6) is 0 Å². The minimum atomic E-state index is -1.70. The molecule has 2 aliphatic heterocycles. The molecule has 0 spiro atoms. The van der Waals surface area contributed by atoms with Crippen molar-refractivity contribution in [1.82, 2.24) is 5.32 Å². The van der Waals surface area contributed by atoms with Crippen LogP contribution in [0.3, 0.4) is 0 Å². The Morgan fingerprint density at radius 3 is 2.70 bits per heavy atom. The van der Waals surface area contributed by atoms with Crippen LogP contribution in [-0.4, -0.2) is 30.5 Å². The minimum Gasteiger partial charge on any atom is -0.467 e. The van der Waals surface area contributed by atoms with Gasteiger partial charge in [-0.25, -0.2) is 9.59 Å². The van der Waals surface area contributed by atoms with Crippen LogP contribution in [0.4, 0.5) is 0 Å². The summed E-state index contributed by atoms with van der Waals surface area (Å²) >= 11 is 0. The van der Waals surface area contributed by atoms with Crippen molar-refractivity contribution in [3.05, 3.63) is 35.9 Å². The lowest BCUT2D eigenvalue weighted by atomic mass is 9.82. The highest BCUT2D eigenvalue weighted by Crippen LogP contribution is 2.47. The number of amides is 1. The van der Waals surface area contributed by atoms with Crippen molar-refractivity contribution in [3.8, 4) is 0 Å². The lowest BCUT2D eigenvalue weighted by Crippen LogP contribution is -2.56. The summed E-state index contributed by atoms with van der Waals surface area (Å²) in [6.45, 7) is 0. The molecule has 0 aromatic heterocycles. The molecule has 1 aromatic rings. The van der Waals surface area contributed by atoms with E-state index in [1.54, 1.807) is 12.1 Å². The Balaban J connectivity index is 2.05. The predicted octanol–water partition coefficient (Wildman–Crippen LogP) is 0.332. The Bertz CT molecular complexity index is 584. The average Bonchev–Trinajstić information content (AvgIpc) is 2.94. The van der Waals surface area contributed by atoms with Gasteiger partial charge in [-0.3, -0.25) is 4.79 Å². The number of methoxy groups -OCH3 is 1. The van der Waals surface area contributed by atoms with Crippen LogP contribution in [0.25, 0.3) is 0 Å². The molecule has 1 amide bonds. The lowest BCUT2D eigenvalue weighted by molar-refractivity contribution is -0.159. The summed E-state index contributed by atoms with van der Waals surface area (Å²) in [6.07, 6.45) is -0.567. The largest absolute Gasteiger partial charge is 0.467 e. The van der Waals surface area contributed by atoms with Crippen LogP contribution in [-0.2, 0) is 23.9 Å². The van der Waals surface area contributed by atoms with E-state index in [0.717, 1.165) is 5.56 Å². The topological polar surface area (TPSA) is 81.7 Å². The van der Waals surface area contributed by atoms with Crippen LogP contribution >= 0.6 is 0 Å². The number of cyclic esters (lactones) is 1. The molecule has 6 nitrogen and oxygen atoms in total. The quantitative estimate of drug-likeness (QED) is 0.621. The number of benzene rings is 1. The number of hydrogen-bond donors (Lipinski definition) is 1. The summed E-state index contributed by atoms with van der Waals surface area (Å²) in [5, 5.41) is 2.44. The third-order valence-electron chi connectivity index (χ3n) is 3.85. The molecule has 20 heavy (non-hydrogen) atoms. The number of rotatable bonds is 2. The van der Waals surface area contributed by atoms with Crippen LogP contribution < -0.4 is 5.32 Å². The number of esters is 2. The van der Waals surface area contributed by atoms with Gasteiger partial charge in [0.25, 0.3) is 0 Å². The van der Waals surface area contributed by atoms with E-state index >= 15 is 0 Å². The molecule has 0 radical (unpaired) electrons. The molecule has 2 fully saturated rings. The van der Waals surface area contributed by atoms with Gasteiger partial charge in [-0.05, 0) is 5.56 Å². The van der Waals surface area contributed by atoms with Crippen molar-refractivity contribution in [2.24, 2.45) is 5.92 Å². The van der Waals surface area contributed by atoms with Gasteiger partial charge < -0.3 is 14.8 Å². The van der Waals surface area contributed by atoms with E-state index in [1.165, 1.54) is 7.11 Å². The molecule has 0 unspecified atom stereocenters. The summed E-state index contributed by atoms with van der Waals surface area (Å²) in [7, 11) is 1.18. The number of fused-ring (bicyclic) bond motifs is 1. The van der Waals surface area contributed by atoms with Crippen molar-refractivity contribution >= 4 is 17.8 Å². The van der Waals surface area contributed by atoms with E-state index in [4.69, 9.17) is 4.74 Å². The summed E-state index contributed by atoms with van der Waals surface area (Å²) < 4.78 is 10.0. The Morgan fingerprint density at radius 2 is 2.05 bits per heavy atom. The molecule has 6 heteroatoms. The maximum absolute atomic E-state index is 12.2. The smallest absolute Gasteiger partial charge is 0.344 e. The number of nitrogens with one attached hydrogen (secondary N) is 1. The van der Waals surface area contributed by atoms with E-state index < -0.39 is 29.5 Å². The van der Waals surface area contributed by atoms with Gasteiger partial charge in [0.1, 0.15) is 6.10 Å². The lowest BCUT2D eigenvalue weighted by Gasteiger charge is -2.21. The van der Waals surface area contributed by atoms with Crippen molar-refractivity contribution in [3.63, 3.8) is 0 Å². The monoisotopic (exact) mass is 275 g/mol. The molecular weight excluding hydrogens is 262 g/mol. The van der Waals surface area contributed by atoms with Gasteiger partial charge in [0.05, 0.1) is 13.0 Å². The first kappa shape index (κ1) is 12.7. The Kier molecular flexibility index (Phi) is 2.74. The molecule has 3 rings (SSSR count). The standard InChI is InChI=1S/C14H13NO5/c1-19-12(17)14-9(7-10(16)15-14)11(20-13(14)18)8-5-3-2-4-6-8/h2-6,9,11H,7H2,1H3,(H,15,16)/t9-,11-,14+/m0/s1. The second-order valence-corrected chi connectivity index (χ2v) is 4.89. The van der Waals surface area contributed by atoms with Gasteiger partial charge >= 0.3 is 11.9 Å². The van der Waals surface area contributed by atoms with Gasteiger partial charge in [0.2, 0.25) is 11.4 Å². The van der Waals surface area contributed by atoms with Gasteiger partial charge in [-0.15, -0.1) is 0 Å². The SMILES string of the molecule is COC(=O)[C@]12NC(=O)C[C@H]1[C@H](c1ccccc1)OC2=O. The van der Waals surface area contributed by atoms with Crippen molar-refractivity contribution in [2.45, 2.75) is 18.1 Å². The third kappa shape index (κ3) is 1.54. The number of carbonyl (C=O) groups excluding carboxylic acids is 3. The van der Waals surface area contributed by atoms with Crippen LogP contribution in [0.15, 0.2) is 30.3 Å². The maximum Gasteiger partial charge on any atom is 0.344 e. The van der Waals surface area contributed by atoms with E-state index in [1.807, 2.05) is 18.2 Å². The average molecular weight is 275 g/mol. The van der Waals surface area contributed by atoms with Crippen LogP contribution in [0.2, 0.25) is 0 Å². The minimum absolute atomic E-state index is 0.0560. The number of ether oxygens (including phenoxy) is 2. The van der Waals surface area contributed by atoms with Gasteiger partial charge in [-0.2, -0.15) is 0 Å². The van der Waals surface area contributed by atoms with E-state index in [-0.39, 0.29) is 12.3 Å². The molecule has 0 aliphatic carbocycles. The Hall–Kier alpha value is -2.37. The zero-order chi connectivity index (χ0) is 14.3. The molecule has 2 heterocycles. The van der Waals surface area contributed by atoms with Gasteiger partial charge in [-0.1, -0.05) is 30.3 Å². The second kappa shape index (κ2) is 4.33. The van der Waals surface area contributed by atoms with Crippen molar-refractivity contribution in [2.75, 3.05) is 7.11 Å². The van der Waals surface area contributed by atoms with E-state index in [0.29, 0.717) is 0 Å². The molecule has 104 valence electrons. The molecule has 1 N–H and O–H groups in total. The fourth-order valence-electron chi connectivity index (χ4n) is 2.93. The summed E-state index contributed by atoms with van der Waals surface area (Å²) in [5.74, 6) is -2.47. The highest BCUT2D eigenvalue weighted by atomic mass is 16.6. The van der Waals surface area contributed by atoms with Crippen molar-refractivity contribution in [1.29, 1.82) is 0 Å². The molecule has 2 aliphatic rings. The summed E-state index contributed by atoms with van der Waals surface area (Å²) in [4.78, 5) is 35.9. The van der Waals surface area contributed by atoms with Crippen LogP contribution in [0, 0.1) is 5.92 Å². The zero-order valence-electron chi connectivity index (χ0n) is 10.8. The van der Waals surface area contributed by atoms with Gasteiger partial charge in [0.15, 0.2) is 0 Å². The summed E-state index contributed by atoms with van der Waals surface area (Å²) in [6, 6.07) is 9.06. The van der Waals surface area contributed by atoms with E-state index in [2.05, 4.69) is 10.1 Å². The van der Waals surface area contributed by atoms with Crippen molar-refractivity contribution < 1.29 is 23.9 Å². The first-order valence-corrected chi connectivity index (χ1v) is 6.25. The molecule has 2 saturated heterocycles.